The van der Waals surface area contributed by atoms with E-state index < -0.39 is 28.0 Å². The highest BCUT2D eigenvalue weighted by molar-refractivity contribution is 7.99. The lowest BCUT2D eigenvalue weighted by atomic mass is 10.2. The van der Waals surface area contributed by atoms with Gasteiger partial charge >= 0.3 is 5.97 Å². The Kier molecular flexibility index (Phi) is 3.89. The molecule has 0 aliphatic rings. The van der Waals surface area contributed by atoms with Crippen molar-refractivity contribution in [2.24, 2.45) is 0 Å². The average Bonchev–Trinajstić information content (AvgIpc) is 2.41. The maximum absolute atomic E-state index is 13.5. The van der Waals surface area contributed by atoms with Gasteiger partial charge in [-0.25, -0.2) is 19.2 Å². The van der Waals surface area contributed by atoms with Crippen LogP contribution in [0, 0.1) is 15.9 Å². The number of carboxylic acid groups (broad SMARTS) is 1. The van der Waals surface area contributed by atoms with E-state index in [-0.39, 0.29) is 4.90 Å². The monoisotopic (exact) mass is 295 g/mol. The van der Waals surface area contributed by atoms with Gasteiger partial charge in [0.15, 0.2) is 0 Å². The summed E-state index contributed by atoms with van der Waals surface area (Å²) in [5.74, 6) is -2.65. The minimum Gasteiger partial charge on any atom is -0.478 e. The number of aromatic nitrogens is 2. The fraction of sp³-hybridized carbons (Fsp3) is 0. The molecule has 0 amide bonds. The van der Waals surface area contributed by atoms with Gasteiger partial charge in [-0.3, -0.25) is 10.1 Å². The first-order valence-electron chi connectivity index (χ1n) is 5.14. The topological polar surface area (TPSA) is 106 Å². The van der Waals surface area contributed by atoms with E-state index in [1.54, 1.807) is 0 Å². The number of hydrogen-bond donors (Lipinski definition) is 1. The molecule has 0 aliphatic heterocycles. The van der Waals surface area contributed by atoms with Crippen molar-refractivity contribution in [3.05, 3.63) is 52.2 Å². The van der Waals surface area contributed by atoms with Crippen molar-refractivity contribution in [1.29, 1.82) is 0 Å². The second kappa shape index (κ2) is 5.61. The van der Waals surface area contributed by atoms with Gasteiger partial charge in [0.2, 0.25) is 0 Å². The summed E-state index contributed by atoms with van der Waals surface area (Å²) in [4.78, 5) is 28.5. The predicted octanol–water partition coefficient (Wildman–Crippen LogP) is 2.37. The third kappa shape index (κ3) is 2.88. The van der Waals surface area contributed by atoms with Crippen molar-refractivity contribution in [2.75, 3.05) is 0 Å². The van der Waals surface area contributed by atoms with Gasteiger partial charge in [0.1, 0.15) is 17.2 Å². The summed E-state index contributed by atoms with van der Waals surface area (Å²) >= 11 is 0.860. The van der Waals surface area contributed by atoms with Crippen LogP contribution in [0.15, 0.2) is 40.6 Å². The number of rotatable bonds is 4. The molecule has 102 valence electrons. The van der Waals surface area contributed by atoms with E-state index in [0.717, 1.165) is 17.8 Å². The number of carboxylic acids is 1. The number of carbonyl (C=O) groups is 1. The summed E-state index contributed by atoms with van der Waals surface area (Å²) in [5, 5.41) is 20.1. The van der Waals surface area contributed by atoms with Crippen LogP contribution in [0.25, 0.3) is 0 Å². The smallest absolute Gasteiger partial charge is 0.338 e. The molecule has 1 aromatic carbocycles. The van der Waals surface area contributed by atoms with Crippen LogP contribution < -0.4 is 0 Å². The van der Waals surface area contributed by atoms with Gasteiger partial charge in [-0.05, 0) is 12.1 Å². The zero-order chi connectivity index (χ0) is 14.7. The van der Waals surface area contributed by atoms with Gasteiger partial charge in [-0.2, -0.15) is 0 Å². The number of aromatic carboxylic acids is 1. The SMILES string of the molecule is O=C(O)c1cc(Sc2ccncn2)c([N+](=O)[O-])cc1F. The number of benzene rings is 1. The van der Waals surface area contributed by atoms with Gasteiger partial charge in [-0.15, -0.1) is 0 Å². The Hall–Kier alpha value is -2.55. The summed E-state index contributed by atoms with van der Waals surface area (Å²) in [5.41, 5.74) is -1.15. The molecule has 0 spiro atoms. The first-order valence-corrected chi connectivity index (χ1v) is 5.96. The Balaban J connectivity index is 2.51. The zero-order valence-corrected chi connectivity index (χ0v) is 10.5. The summed E-state index contributed by atoms with van der Waals surface area (Å²) in [6.07, 6.45) is 2.68. The molecule has 1 aromatic heterocycles. The quantitative estimate of drug-likeness (QED) is 0.524. The second-order valence-electron chi connectivity index (χ2n) is 3.51. The third-order valence-electron chi connectivity index (χ3n) is 2.25. The molecule has 1 heterocycles. The molecular formula is C11H6FN3O4S. The van der Waals surface area contributed by atoms with E-state index in [2.05, 4.69) is 9.97 Å². The summed E-state index contributed by atoms with van der Waals surface area (Å²) < 4.78 is 13.5. The average molecular weight is 295 g/mol. The van der Waals surface area contributed by atoms with E-state index in [1.165, 1.54) is 18.6 Å². The molecule has 0 atom stereocenters. The van der Waals surface area contributed by atoms with Crippen molar-refractivity contribution in [3.8, 4) is 0 Å². The highest BCUT2D eigenvalue weighted by Gasteiger charge is 2.22. The Morgan fingerprint density at radius 1 is 1.45 bits per heavy atom. The lowest BCUT2D eigenvalue weighted by Gasteiger charge is -2.04. The van der Waals surface area contributed by atoms with Crippen molar-refractivity contribution in [3.63, 3.8) is 0 Å². The number of halogens is 1. The zero-order valence-electron chi connectivity index (χ0n) is 9.69. The van der Waals surface area contributed by atoms with E-state index in [1.807, 2.05) is 0 Å². The third-order valence-corrected chi connectivity index (χ3v) is 3.24. The minimum atomic E-state index is -1.50. The van der Waals surface area contributed by atoms with Crippen molar-refractivity contribution in [1.82, 2.24) is 9.97 Å². The Morgan fingerprint density at radius 2 is 2.20 bits per heavy atom. The van der Waals surface area contributed by atoms with Crippen LogP contribution in [0.1, 0.15) is 10.4 Å². The maximum atomic E-state index is 13.5. The van der Waals surface area contributed by atoms with Gasteiger partial charge in [-0.1, -0.05) is 11.8 Å². The van der Waals surface area contributed by atoms with E-state index >= 15 is 0 Å². The largest absolute Gasteiger partial charge is 0.478 e. The molecule has 0 radical (unpaired) electrons. The van der Waals surface area contributed by atoms with Crippen molar-refractivity contribution >= 4 is 23.4 Å². The Labute approximate surface area is 115 Å². The van der Waals surface area contributed by atoms with E-state index in [0.29, 0.717) is 11.1 Å². The molecule has 9 heteroatoms. The van der Waals surface area contributed by atoms with Crippen LogP contribution in [0.5, 0.6) is 0 Å². The molecule has 0 fully saturated rings. The second-order valence-corrected chi connectivity index (χ2v) is 4.57. The van der Waals surface area contributed by atoms with Crippen LogP contribution in [0.4, 0.5) is 10.1 Å². The summed E-state index contributed by atoms with van der Waals surface area (Å²) in [7, 11) is 0. The molecule has 20 heavy (non-hydrogen) atoms. The summed E-state index contributed by atoms with van der Waals surface area (Å²) in [6.45, 7) is 0. The van der Waals surface area contributed by atoms with Crippen LogP contribution in [-0.4, -0.2) is 26.0 Å². The van der Waals surface area contributed by atoms with Crippen molar-refractivity contribution in [2.45, 2.75) is 9.92 Å². The number of nitrogens with zero attached hydrogens (tertiary/aromatic N) is 3. The molecule has 0 saturated heterocycles. The van der Waals surface area contributed by atoms with Crippen LogP contribution >= 0.6 is 11.8 Å². The highest BCUT2D eigenvalue weighted by atomic mass is 32.2. The molecule has 2 rings (SSSR count). The highest BCUT2D eigenvalue weighted by Crippen LogP contribution is 2.35. The van der Waals surface area contributed by atoms with E-state index in [4.69, 9.17) is 5.11 Å². The molecule has 0 aliphatic carbocycles. The van der Waals surface area contributed by atoms with Gasteiger partial charge in [0.25, 0.3) is 5.69 Å². The maximum Gasteiger partial charge on any atom is 0.338 e. The number of hydrogen-bond acceptors (Lipinski definition) is 6. The Morgan fingerprint density at radius 3 is 2.75 bits per heavy atom. The predicted molar refractivity (Wildman–Crippen MR) is 66.2 cm³/mol. The molecule has 0 unspecified atom stereocenters. The van der Waals surface area contributed by atoms with Gasteiger partial charge < -0.3 is 5.11 Å². The lowest BCUT2D eigenvalue weighted by molar-refractivity contribution is -0.387. The fourth-order valence-corrected chi connectivity index (χ4v) is 2.25. The van der Waals surface area contributed by atoms with Crippen molar-refractivity contribution < 1.29 is 19.2 Å². The van der Waals surface area contributed by atoms with Crippen LogP contribution in [0.3, 0.4) is 0 Å². The molecule has 0 bridgehead atoms. The normalized spacial score (nSPS) is 10.2. The van der Waals surface area contributed by atoms with Gasteiger partial charge in [0.05, 0.1) is 21.4 Å². The first-order chi connectivity index (χ1) is 9.49. The molecule has 7 nitrogen and oxygen atoms in total. The molecular weight excluding hydrogens is 289 g/mol. The standard InChI is InChI=1S/C11H6FN3O4S/c12-7-4-8(15(18)19)9(3-6(7)11(16)17)20-10-1-2-13-5-14-10/h1-5H,(H,16,17). The van der Waals surface area contributed by atoms with E-state index in [9.17, 15) is 19.3 Å². The summed E-state index contributed by atoms with van der Waals surface area (Å²) in [6, 6.07) is 3.01. The lowest BCUT2D eigenvalue weighted by Crippen LogP contribution is -2.03. The molecule has 1 N–H and O–H groups in total. The van der Waals surface area contributed by atoms with Crippen LogP contribution in [-0.2, 0) is 0 Å². The molecule has 0 saturated carbocycles. The number of nitro benzene ring substituents is 1. The number of nitro groups is 1. The minimum absolute atomic E-state index is 0.00694. The van der Waals surface area contributed by atoms with Crippen LogP contribution in [0.2, 0.25) is 0 Å². The molecule has 2 aromatic rings. The van der Waals surface area contributed by atoms with Gasteiger partial charge in [0, 0.05) is 6.20 Å². The fourth-order valence-electron chi connectivity index (χ4n) is 1.38. The first kappa shape index (κ1) is 13.9. The Bertz CT molecular complexity index is 681.